The minimum atomic E-state index is -0.427. The molecule has 0 bridgehead atoms. The molecule has 1 aliphatic carbocycles. The number of ketones is 1. The van der Waals surface area contributed by atoms with E-state index in [4.69, 9.17) is 10.5 Å². The Balaban J connectivity index is 2.20. The number of hydrogen-bond donors (Lipinski definition) is 1. The number of ether oxygens (including phenoxy) is 1. The summed E-state index contributed by atoms with van der Waals surface area (Å²) in [4.78, 5) is 12.3. The molecule has 1 aliphatic heterocycles. The van der Waals surface area contributed by atoms with Crippen LogP contribution in [0.4, 0.5) is 0 Å². The molecule has 0 saturated carbocycles. The number of Topliss-reactive ketones (excluding diaryl/α,β-unsaturated/α-hetero) is 1. The fourth-order valence-electron chi connectivity index (χ4n) is 2.88. The summed E-state index contributed by atoms with van der Waals surface area (Å²) in [7, 11) is 0. The van der Waals surface area contributed by atoms with Gasteiger partial charge in [0.25, 0.3) is 0 Å². The minimum absolute atomic E-state index is 0.0430. The second-order valence-electron chi connectivity index (χ2n) is 5.09. The zero-order valence-electron chi connectivity index (χ0n) is 11.2. The van der Waals surface area contributed by atoms with Crippen LogP contribution in [0.5, 0.6) is 0 Å². The molecule has 0 amide bonds. The normalized spacial score (nSPS) is 21.7. The monoisotopic (exact) mass is 344 g/mol. The number of rotatable bonds is 1. The third-order valence-electron chi connectivity index (χ3n) is 3.79. The van der Waals surface area contributed by atoms with E-state index in [1.165, 1.54) is 0 Å². The number of nitrogens with two attached hydrogens (primary N) is 1. The Bertz CT molecular complexity index is 728. The van der Waals surface area contributed by atoms with Gasteiger partial charge < -0.3 is 10.5 Å². The van der Waals surface area contributed by atoms with Gasteiger partial charge in [0.1, 0.15) is 17.4 Å². The highest BCUT2D eigenvalue weighted by Gasteiger charge is 2.37. The van der Waals surface area contributed by atoms with E-state index in [1.54, 1.807) is 0 Å². The van der Waals surface area contributed by atoms with Crippen molar-refractivity contribution in [1.29, 1.82) is 5.26 Å². The molecule has 0 aromatic heterocycles. The lowest BCUT2D eigenvalue weighted by molar-refractivity contribution is -0.116. The van der Waals surface area contributed by atoms with Gasteiger partial charge in [-0.2, -0.15) is 5.26 Å². The average Bonchev–Trinajstić information content (AvgIpc) is 2.46. The average molecular weight is 345 g/mol. The molecule has 2 aliphatic rings. The van der Waals surface area contributed by atoms with E-state index in [2.05, 4.69) is 22.0 Å². The van der Waals surface area contributed by atoms with Crippen molar-refractivity contribution in [2.24, 2.45) is 5.73 Å². The largest absolute Gasteiger partial charge is 0.444 e. The number of carbonyl (C=O) groups is 1. The van der Waals surface area contributed by atoms with Gasteiger partial charge in [0, 0.05) is 22.9 Å². The van der Waals surface area contributed by atoms with Gasteiger partial charge in [-0.15, -0.1) is 0 Å². The van der Waals surface area contributed by atoms with E-state index in [9.17, 15) is 10.1 Å². The first-order valence-corrected chi connectivity index (χ1v) is 7.50. The van der Waals surface area contributed by atoms with E-state index in [-0.39, 0.29) is 11.7 Å². The number of benzene rings is 1. The predicted molar refractivity (Wildman–Crippen MR) is 80.7 cm³/mol. The summed E-state index contributed by atoms with van der Waals surface area (Å²) in [6.45, 7) is 0. The molecule has 0 fully saturated rings. The number of nitrogens with zero attached hydrogens (tertiary/aromatic N) is 1. The summed E-state index contributed by atoms with van der Waals surface area (Å²) in [6, 6.07) is 9.70. The first-order valence-electron chi connectivity index (χ1n) is 6.71. The van der Waals surface area contributed by atoms with Crippen LogP contribution in [0, 0.1) is 11.3 Å². The van der Waals surface area contributed by atoms with Crippen molar-refractivity contribution in [3.63, 3.8) is 0 Å². The summed E-state index contributed by atoms with van der Waals surface area (Å²) in [5.74, 6) is 0.342. The fourth-order valence-corrected chi connectivity index (χ4v) is 3.29. The Morgan fingerprint density at radius 2 is 2.19 bits per heavy atom. The molecule has 3 rings (SSSR count). The van der Waals surface area contributed by atoms with Crippen LogP contribution < -0.4 is 5.73 Å². The highest BCUT2D eigenvalue weighted by Crippen LogP contribution is 2.43. The molecule has 0 spiro atoms. The van der Waals surface area contributed by atoms with Crippen LogP contribution in [0.15, 0.2) is 51.5 Å². The van der Waals surface area contributed by atoms with Gasteiger partial charge in [-0.3, -0.25) is 4.79 Å². The molecule has 1 aromatic carbocycles. The Morgan fingerprint density at radius 3 is 2.90 bits per heavy atom. The molecule has 5 heteroatoms. The lowest BCUT2D eigenvalue weighted by Crippen LogP contribution is -2.27. The summed E-state index contributed by atoms with van der Waals surface area (Å²) >= 11 is 3.43. The van der Waals surface area contributed by atoms with Crippen molar-refractivity contribution >= 4 is 21.7 Å². The van der Waals surface area contributed by atoms with Gasteiger partial charge in [0.2, 0.25) is 5.88 Å². The summed E-state index contributed by atoms with van der Waals surface area (Å²) < 4.78 is 6.42. The van der Waals surface area contributed by atoms with E-state index in [0.717, 1.165) is 16.5 Å². The van der Waals surface area contributed by atoms with Crippen LogP contribution in [0.2, 0.25) is 0 Å². The second kappa shape index (κ2) is 5.38. The summed E-state index contributed by atoms with van der Waals surface area (Å²) in [5.41, 5.74) is 7.65. The topological polar surface area (TPSA) is 76.1 Å². The first-order chi connectivity index (χ1) is 10.1. The van der Waals surface area contributed by atoms with Crippen LogP contribution in [0.25, 0.3) is 0 Å². The van der Waals surface area contributed by atoms with Crippen molar-refractivity contribution in [2.75, 3.05) is 0 Å². The molecular formula is C16H13BrN2O2. The molecule has 21 heavy (non-hydrogen) atoms. The molecule has 1 heterocycles. The smallest absolute Gasteiger partial charge is 0.205 e. The van der Waals surface area contributed by atoms with E-state index < -0.39 is 5.92 Å². The quantitative estimate of drug-likeness (QED) is 0.848. The summed E-state index contributed by atoms with van der Waals surface area (Å²) in [5, 5.41) is 9.43. The maximum Gasteiger partial charge on any atom is 0.205 e. The molecule has 0 saturated heterocycles. The lowest BCUT2D eigenvalue weighted by atomic mass is 9.78. The van der Waals surface area contributed by atoms with Crippen molar-refractivity contribution < 1.29 is 9.53 Å². The Morgan fingerprint density at radius 1 is 1.38 bits per heavy atom. The number of hydrogen-bond acceptors (Lipinski definition) is 4. The Labute approximate surface area is 131 Å². The second-order valence-corrected chi connectivity index (χ2v) is 6.01. The fraction of sp³-hybridized carbons (Fsp3) is 0.250. The van der Waals surface area contributed by atoms with Gasteiger partial charge >= 0.3 is 0 Å². The van der Waals surface area contributed by atoms with E-state index in [0.29, 0.717) is 29.7 Å². The van der Waals surface area contributed by atoms with E-state index >= 15 is 0 Å². The van der Waals surface area contributed by atoms with Gasteiger partial charge in [-0.05, 0) is 24.1 Å². The van der Waals surface area contributed by atoms with Crippen molar-refractivity contribution in [2.45, 2.75) is 25.2 Å². The summed E-state index contributed by atoms with van der Waals surface area (Å²) in [6.07, 6.45) is 1.94. The van der Waals surface area contributed by atoms with Crippen molar-refractivity contribution in [3.05, 3.63) is 57.1 Å². The number of halogens is 1. The molecule has 0 unspecified atom stereocenters. The molecular weight excluding hydrogens is 332 g/mol. The third-order valence-corrected chi connectivity index (χ3v) is 4.28. The number of nitriles is 1. The molecule has 1 atom stereocenters. The number of allylic oxidation sites excluding steroid dienone is 3. The molecule has 0 radical (unpaired) electrons. The highest BCUT2D eigenvalue weighted by molar-refractivity contribution is 9.10. The van der Waals surface area contributed by atoms with Crippen LogP contribution >= 0.6 is 15.9 Å². The van der Waals surface area contributed by atoms with Crippen LogP contribution in [-0.4, -0.2) is 5.78 Å². The number of carbonyl (C=O) groups excluding carboxylic acids is 1. The van der Waals surface area contributed by atoms with Crippen LogP contribution in [-0.2, 0) is 9.53 Å². The van der Waals surface area contributed by atoms with E-state index in [1.807, 2.05) is 24.3 Å². The van der Waals surface area contributed by atoms with Crippen molar-refractivity contribution in [3.8, 4) is 6.07 Å². The van der Waals surface area contributed by atoms with Crippen LogP contribution in [0.1, 0.15) is 30.7 Å². The standard InChI is InChI=1S/C16H13BrN2O2/c17-10-4-1-3-9(7-10)14-11(8-18)16(19)21-13-6-2-5-12(20)15(13)14/h1,3-4,7,14H,2,5-6,19H2/t14-/m1/s1. The molecule has 2 N–H and O–H groups in total. The Hall–Kier alpha value is -2.06. The third kappa shape index (κ3) is 2.36. The first kappa shape index (κ1) is 13.9. The van der Waals surface area contributed by atoms with Gasteiger partial charge in [-0.1, -0.05) is 28.1 Å². The lowest BCUT2D eigenvalue weighted by Gasteiger charge is -2.31. The Kier molecular flexibility index (Phi) is 3.56. The molecule has 4 nitrogen and oxygen atoms in total. The minimum Gasteiger partial charge on any atom is -0.444 e. The predicted octanol–water partition coefficient (Wildman–Crippen LogP) is 3.26. The van der Waals surface area contributed by atoms with Crippen LogP contribution in [0.3, 0.4) is 0 Å². The zero-order chi connectivity index (χ0) is 15.0. The molecule has 1 aromatic rings. The van der Waals surface area contributed by atoms with Gasteiger partial charge in [0.05, 0.1) is 5.92 Å². The maximum absolute atomic E-state index is 12.3. The SMILES string of the molecule is N#CC1=C(N)OC2=C(C(=O)CCC2)[C@@H]1c1cccc(Br)c1. The zero-order valence-corrected chi connectivity index (χ0v) is 12.8. The molecule has 106 valence electrons. The van der Waals surface area contributed by atoms with Gasteiger partial charge in [0.15, 0.2) is 5.78 Å². The van der Waals surface area contributed by atoms with Crippen molar-refractivity contribution in [1.82, 2.24) is 0 Å². The van der Waals surface area contributed by atoms with Gasteiger partial charge in [-0.25, -0.2) is 0 Å². The maximum atomic E-state index is 12.3. The highest BCUT2D eigenvalue weighted by atomic mass is 79.9.